The van der Waals surface area contributed by atoms with Crippen LogP contribution in [0, 0.1) is 0 Å². The molecule has 5 heteroatoms. The fraction of sp³-hybridized carbons (Fsp3) is 0.538. The van der Waals surface area contributed by atoms with Crippen LogP contribution in [0.4, 0.5) is 18.9 Å². The molecule has 0 radical (unpaired) electrons. The van der Waals surface area contributed by atoms with Gasteiger partial charge in [0.2, 0.25) is 0 Å². The lowest BCUT2D eigenvalue weighted by atomic mass is 9.93. The molecule has 0 aromatic heterocycles. The Bertz CT molecular complexity index is 452. The summed E-state index contributed by atoms with van der Waals surface area (Å²) in [6, 6.07) is 4.35. The predicted octanol–water partition coefficient (Wildman–Crippen LogP) is 3.27. The molecule has 1 unspecified atom stereocenters. The molecule has 1 N–H and O–H groups in total. The summed E-state index contributed by atoms with van der Waals surface area (Å²) < 4.78 is 38.0. The first-order chi connectivity index (χ1) is 8.55. The number of alkyl halides is 3. The van der Waals surface area contributed by atoms with Gasteiger partial charge in [-0.3, -0.25) is 4.90 Å². The van der Waals surface area contributed by atoms with E-state index in [0.29, 0.717) is 5.69 Å². The highest BCUT2D eigenvalue weighted by Crippen LogP contribution is 2.39. The minimum atomic E-state index is -4.26. The predicted molar refractivity (Wildman–Crippen MR) is 63.5 cm³/mol. The number of halogens is 3. The SMILES string of the molecule is FC(F)(F)c1ccc2c(c1)NCCC2N1CCC1. The van der Waals surface area contributed by atoms with Crippen LogP contribution in [0.5, 0.6) is 0 Å². The van der Waals surface area contributed by atoms with Gasteiger partial charge in [0.1, 0.15) is 0 Å². The zero-order valence-electron chi connectivity index (χ0n) is 9.93. The summed E-state index contributed by atoms with van der Waals surface area (Å²) in [5, 5.41) is 3.08. The van der Waals surface area contributed by atoms with Crippen LogP contribution >= 0.6 is 0 Å². The minimum Gasteiger partial charge on any atom is -0.385 e. The molecule has 0 bridgehead atoms. The Labute approximate surface area is 104 Å². The zero-order chi connectivity index (χ0) is 12.8. The molecule has 2 aliphatic rings. The van der Waals surface area contributed by atoms with Crippen LogP contribution in [-0.2, 0) is 6.18 Å². The molecular weight excluding hydrogens is 241 g/mol. The van der Waals surface area contributed by atoms with Crippen molar-refractivity contribution in [2.45, 2.75) is 25.1 Å². The van der Waals surface area contributed by atoms with Crippen molar-refractivity contribution in [3.05, 3.63) is 29.3 Å². The number of nitrogens with one attached hydrogen (secondary N) is 1. The molecule has 2 nitrogen and oxygen atoms in total. The van der Waals surface area contributed by atoms with Gasteiger partial charge in [-0.05, 0) is 43.6 Å². The lowest BCUT2D eigenvalue weighted by Gasteiger charge is -2.41. The number of anilines is 1. The summed E-state index contributed by atoms with van der Waals surface area (Å²) >= 11 is 0. The van der Waals surface area contributed by atoms with Crippen molar-refractivity contribution in [1.29, 1.82) is 0 Å². The first kappa shape index (κ1) is 11.8. The number of hydrogen-bond donors (Lipinski definition) is 1. The molecule has 2 aliphatic heterocycles. The molecule has 1 aromatic rings. The third kappa shape index (κ3) is 1.96. The van der Waals surface area contributed by atoms with Crippen molar-refractivity contribution >= 4 is 5.69 Å². The summed E-state index contributed by atoms with van der Waals surface area (Å²) in [5.41, 5.74) is 1.08. The van der Waals surface area contributed by atoms with Gasteiger partial charge in [-0.25, -0.2) is 0 Å². The van der Waals surface area contributed by atoms with E-state index in [0.717, 1.165) is 31.6 Å². The monoisotopic (exact) mass is 256 g/mol. The summed E-state index contributed by atoms with van der Waals surface area (Å²) in [6.07, 6.45) is -2.10. The van der Waals surface area contributed by atoms with Gasteiger partial charge < -0.3 is 5.32 Å². The van der Waals surface area contributed by atoms with Gasteiger partial charge >= 0.3 is 6.18 Å². The minimum absolute atomic E-state index is 0.289. The van der Waals surface area contributed by atoms with E-state index in [4.69, 9.17) is 0 Å². The maximum Gasteiger partial charge on any atom is 0.416 e. The quantitative estimate of drug-likeness (QED) is 0.829. The number of likely N-dealkylation sites (tertiary alicyclic amines) is 1. The Kier molecular flexibility index (Phi) is 2.73. The molecule has 2 heterocycles. The first-order valence-electron chi connectivity index (χ1n) is 6.25. The van der Waals surface area contributed by atoms with Gasteiger partial charge in [0.05, 0.1) is 5.56 Å². The van der Waals surface area contributed by atoms with Gasteiger partial charge in [-0.1, -0.05) is 6.07 Å². The van der Waals surface area contributed by atoms with Gasteiger partial charge in [0.25, 0.3) is 0 Å². The number of fused-ring (bicyclic) bond motifs is 1. The lowest BCUT2D eigenvalue weighted by molar-refractivity contribution is -0.137. The van der Waals surface area contributed by atoms with Gasteiger partial charge in [0, 0.05) is 18.3 Å². The molecule has 98 valence electrons. The third-order valence-electron chi connectivity index (χ3n) is 3.80. The second kappa shape index (κ2) is 4.16. The fourth-order valence-corrected chi connectivity index (χ4v) is 2.71. The Morgan fingerprint density at radius 3 is 2.61 bits per heavy atom. The standard InChI is InChI=1S/C13H15F3N2/c14-13(15,16)9-2-3-10-11(8-9)17-5-4-12(10)18-6-1-7-18/h2-3,8,12,17H,1,4-7H2. The summed E-state index contributed by atoms with van der Waals surface area (Å²) in [4.78, 5) is 2.34. The highest BCUT2D eigenvalue weighted by Gasteiger charge is 2.34. The van der Waals surface area contributed by atoms with Crippen molar-refractivity contribution in [2.75, 3.05) is 25.0 Å². The average molecular weight is 256 g/mol. The summed E-state index contributed by atoms with van der Waals surface area (Å²) in [5.74, 6) is 0. The van der Waals surface area contributed by atoms with Gasteiger partial charge in [-0.15, -0.1) is 0 Å². The molecule has 1 aromatic carbocycles. The summed E-state index contributed by atoms with van der Waals surface area (Å²) in [6.45, 7) is 2.87. The Morgan fingerprint density at radius 1 is 1.22 bits per heavy atom. The maximum absolute atomic E-state index is 12.7. The van der Waals surface area contributed by atoms with E-state index in [1.54, 1.807) is 6.07 Å². The molecule has 0 spiro atoms. The normalized spacial score (nSPS) is 24.1. The number of nitrogens with zero attached hydrogens (tertiary/aromatic N) is 1. The van der Waals surface area contributed by atoms with Crippen molar-refractivity contribution in [3.8, 4) is 0 Å². The van der Waals surface area contributed by atoms with Crippen LogP contribution < -0.4 is 5.32 Å². The van der Waals surface area contributed by atoms with Crippen LogP contribution in [0.2, 0.25) is 0 Å². The van der Waals surface area contributed by atoms with Crippen LogP contribution in [0.25, 0.3) is 0 Å². The van der Waals surface area contributed by atoms with E-state index in [9.17, 15) is 13.2 Å². The van der Waals surface area contributed by atoms with E-state index in [2.05, 4.69) is 10.2 Å². The van der Waals surface area contributed by atoms with Crippen molar-refractivity contribution in [2.24, 2.45) is 0 Å². The Morgan fingerprint density at radius 2 is 2.00 bits per heavy atom. The number of rotatable bonds is 1. The summed E-state index contributed by atoms with van der Waals surface area (Å²) in [7, 11) is 0. The van der Waals surface area contributed by atoms with Gasteiger partial charge in [-0.2, -0.15) is 13.2 Å². The largest absolute Gasteiger partial charge is 0.416 e. The second-order valence-corrected chi connectivity index (χ2v) is 4.92. The third-order valence-corrected chi connectivity index (χ3v) is 3.80. The van der Waals surface area contributed by atoms with Crippen LogP contribution in [-0.4, -0.2) is 24.5 Å². The molecule has 1 atom stereocenters. The molecule has 18 heavy (non-hydrogen) atoms. The Balaban J connectivity index is 1.94. The number of hydrogen-bond acceptors (Lipinski definition) is 2. The molecule has 1 saturated heterocycles. The van der Waals surface area contributed by atoms with Crippen molar-refractivity contribution in [1.82, 2.24) is 4.90 Å². The van der Waals surface area contributed by atoms with Crippen LogP contribution in [0.3, 0.4) is 0 Å². The highest BCUT2D eigenvalue weighted by molar-refractivity contribution is 5.57. The molecule has 0 aliphatic carbocycles. The van der Waals surface area contributed by atoms with E-state index in [1.165, 1.54) is 18.6 Å². The van der Waals surface area contributed by atoms with Crippen LogP contribution in [0.15, 0.2) is 18.2 Å². The molecule has 0 amide bonds. The Hall–Kier alpha value is -1.23. The molecular formula is C13H15F3N2. The molecule has 3 rings (SSSR count). The fourth-order valence-electron chi connectivity index (χ4n) is 2.71. The molecule has 1 fully saturated rings. The average Bonchev–Trinajstić information content (AvgIpc) is 2.25. The topological polar surface area (TPSA) is 15.3 Å². The van der Waals surface area contributed by atoms with Crippen molar-refractivity contribution < 1.29 is 13.2 Å². The highest BCUT2D eigenvalue weighted by atomic mass is 19.4. The number of benzene rings is 1. The van der Waals surface area contributed by atoms with Crippen molar-refractivity contribution in [3.63, 3.8) is 0 Å². The second-order valence-electron chi connectivity index (χ2n) is 4.92. The van der Waals surface area contributed by atoms with Crippen LogP contribution in [0.1, 0.15) is 30.0 Å². The van der Waals surface area contributed by atoms with Gasteiger partial charge in [0.15, 0.2) is 0 Å². The van der Waals surface area contributed by atoms with E-state index >= 15 is 0 Å². The lowest BCUT2D eigenvalue weighted by Crippen LogP contribution is -2.42. The first-order valence-corrected chi connectivity index (χ1v) is 6.25. The van der Waals surface area contributed by atoms with E-state index in [1.807, 2.05) is 0 Å². The van der Waals surface area contributed by atoms with E-state index in [-0.39, 0.29) is 6.04 Å². The molecule has 0 saturated carbocycles. The van der Waals surface area contributed by atoms with E-state index < -0.39 is 11.7 Å². The zero-order valence-corrected chi connectivity index (χ0v) is 9.93. The maximum atomic E-state index is 12.7. The smallest absolute Gasteiger partial charge is 0.385 e.